The second-order valence-electron chi connectivity index (χ2n) is 5.92. The van der Waals surface area contributed by atoms with Gasteiger partial charge in [-0.3, -0.25) is 0 Å². The van der Waals surface area contributed by atoms with Gasteiger partial charge in [0.2, 0.25) is 10.0 Å². The van der Waals surface area contributed by atoms with Crippen LogP contribution in [0.25, 0.3) is 0 Å². The third-order valence-electron chi connectivity index (χ3n) is 4.33. The highest BCUT2D eigenvalue weighted by Gasteiger charge is 2.31. The van der Waals surface area contributed by atoms with Crippen LogP contribution in [-0.4, -0.2) is 57.4 Å². The largest absolute Gasteiger partial charge is 0.388 e. The maximum atomic E-state index is 12.6. The Kier molecular flexibility index (Phi) is 4.19. The van der Waals surface area contributed by atoms with Crippen LogP contribution in [0.15, 0.2) is 29.2 Å². The fraction of sp³-hybridized carbons (Fsp3) is 0.600. The van der Waals surface area contributed by atoms with Crippen LogP contribution in [-0.2, 0) is 10.0 Å². The van der Waals surface area contributed by atoms with Crippen LogP contribution in [0.1, 0.15) is 12.8 Å². The van der Waals surface area contributed by atoms with E-state index in [4.69, 9.17) is 0 Å². The molecule has 21 heavy (non-hydrogen) atoms. The minimum atomic E-state index is -3.34. The molecule has 1 aliphatic carbocycles. The molecule has 2 fully saturated rings. The summed E-state index contributed by atoms with van der Waals surface area (Å²) < 4.78 is 26.8. The topological polar surface area (TPSA) is 52.7 Å². The maximum Gasteiger partial charge on any atom is 0.243 e. The molecule has 3 rings (SSSR count). The summed E-state index contributed by atoms with van der Waals surface area (Å²) in [6.45, 7) is 4.05. The number of piperazine rings is 1. The van der Waals surface area contributed by atoms with Gasteiger partial charge in [-0.1, -0.05) is 0 Å². The molecule has 0 amide bonds. The van der Waals surface area contributed by atoms with Crippen molar-refractivity contribution in [3.8, 4) is 0 Å². The lowest BCUT2D eigenvalue weighted by Crippen LogP contribution is -2.49. The molecular weight excluding hydrogens is 286 g/mol. The van der Waals surface area contributed by atoms with Gasteiger partial charge in [0.15, 0.2) is 0 Å². The van der Waals surface area contributed by atoms with Crippen LogP contribution in [0, 0.1) is 5.92 Å². The van der Waals surface area contributed by atoms with Crippen molar-refractivity contribution in [3.05, 3.63) is 24.3 Å². The molecule has 1 saturated heterocycles. The fourth-order valence-corrected chi connectivity index (χ4v) is 4.18. The molecule has 0 bridgehead atoms. The fourth-order valence-electron chi connectivity index (χ4n) is 2.76. The van der Waals surface area contributed by atoms with Gasteiger partial charge in [-0.2, -0.15) is 4.31 Å². The summed E-state index contributed by atoms with van der Waals surface area (Å²) in [5, 5.41) is 3.00. The number of anilines is 1. The van der Waals surface area contributed by atoms with E-state index in [-0.39, 0.29) is 0 Å². The molecule has 0 radical (unpaired) electrons. The van der Waals surface area contributed by atoms with Gasteiger partial charge < -0.3 is 10.2 Å². The lowest BCUT2D eigenvalue weighted by atomic mass is 10.3. The van der Waals surface area contributed by atoms with Gasteiger partial charge in [0, 0.05) is 45.5 Å². The zero-order valence-electron chi connectivity index (χ0n) is 12.5. The standard InChI is InChI=1S/C15H23N3O2S/c1-16-14-4-6-15(7-5-14)21(19,20)18-10-8-17(9-11-18)12-13-2-3-13/h4-7,13,16H,2-3,8-12H2,1H3. The van der Waals surface area contributed by atoms with E-state index in [2.05, 4.69) is 10.2 Å². The summed E-state index contributed by atoms with van der Waals surface area (Å²) in [5.74, 6) is 0.863. The zero-order chi connectivity index (χ0) is 14.9. The summed E-state index contributed by atoms with van der Waals surface area (Å²) in [6.07, 6.45) is 2.69. The number of nitrogens with zero attached hydrogens (tertiary/aromatic N) is 2. The maximum absolute atomic E-state index is 12.6. The van der Waals surface area contributed by atoms with Gasteiger partial charge in [-0.25, -0.2) is 8.42 Å². The van der Waals surface area contributed by atoms with Crippen LogP contribution in [0.4, 0.5) is 5.69 Å². The first-order valence-electron chi connectivity index (χ1n) is 7.60. The Morgan fingerprint density at radius 1 is 1.10 bits per heavy atom. The third-order valence-corrected chi connectivity index (χ3v) is 6.24. The molecule has 1 aliphatic heterocycles. The smallest absolute Gasteiger partial charge is 0.243 e. The lowest BCUT2D eigenvalue weighted by molar-refractivity contribution is 0.182. The van der Waals surface area contributed by atoms with Crippen LogP contribution < -0.4 is 5.32 Å². The first kappa shape index (κ1) is 14.8. The molecule has 0 aromatic heterocycles. The van der Waals surface area contributed by atoms with E-state index in [0.29, 0.717) is 18.0 Å². The highest BCUT2D eigenvalue weighted by molar-refractivity contribution is 7.89. The zero-order valence-corrected chi connectivity index (χ0v) is 13.3. The molecule has 1 aromatic rings. The molecule has 1 aromatic carbocycles. The minimum Gasteiger partial charge on any atom is -0.388 e. The number of rotatable bonds is 5. The van der Waals surface area contributed by atoms with Gasteiger partial charge in [0.25, 0.3) is 0 Å². The van der Waals surface area contributed by atoms with E-state index in [1.807, 2.05) is 7.05 Å². The van der Waals surface area contributed by atoms with Crippen LogP contribution >= 0.6 is 0 Å². The third kappa shape index (κ3) is 3.39. The Bertz CT molecular complexity index is 573. The monoisotopic (exact) mass is 309 g/mol. The summed E-state index contributed by atoms with van der Waals surface area (Å²) in [6, 6.07) is 6.96. The van der Waals surface area contributed by atoms with Crippen LogP contribution in [0.5, 0.6) is 0 Å². The molecular formula is C15H23N3O2S. The molecule has 1 N–H and O–H groups in total. The van der Waals surface area contributed by atoms with Crippen molar-refractivity contribution < 1.29 is 8.42 Å². The van der Waals surface area contributed by atoms with Crippen molar-refractivity contribution in [2.75, 3.05) is 45.1 Å². The van der Waals surface area contributed by atoms with E-state index in [0.717, 1.165) is 31.2 Å². The van der Waals surface area contributed by atoms with E-state index < -0.39 is 10.0 Å². The Morgan fingerprint density at radius 3 is 2.24 bits per heavy atom. The summed E-state index contributed by atoms with van der Waals surface area (Å²) in [4.78, 5) is 2.78. The Morgan fingerprint density at radius 2 is 1.71 bits per heavy atom. The average Bonchev–Trinajstić information content (AvgIpc) is 3.32. The number of benzene rings is 1. The summed E-state index contributed by atoms with van der Waals surface area (Å²) in [7, 11) is -1.52. The van der Waals surface area contributed by atoms with Gasteiger partial charge >= 0.3 is 0 Å². The van der Waals surface area contributed by atoms with E-state index in [1.54, 1.807) is 28.6 Å². The van der Waals surface area contributed by atoms with E-state index in [1.165, 1.54) is 12.8 Å². The van der Waals surface area contributed by atoms with Crippen molar-refractivity contribution >= 4 is 15.7 Å². The Balaban J connectivity index is 1.64. The molecule has 1 saturated carbocycles. The van der Waals surface area contributed by atoms with E-state index >= 15 is 0 Å². The number of hydrogen-bond donors (Lipinski definition) is 1. The molecule has 0 atom stereocenters. The molecule has 0 unspecified atom stereocenters. The first-order chi connectivity index (χ1) is 10.1. The normalized spacial score (nSPS) is 21.4. The van der Waals surface area contributed by atoms with Gasteiger partial charge in [-0.05, 0) is 43.0 Å². The van der Waals surface area contributed by atoms with Crippen LogP contribution in [0.3, 0.4) is 0 Å². The second-order valence-corrected chi connectivity index (χ2v) is 7.86. The van der Waals surface area contributed by atoms with Crippen molar-refractivity contribution in [2.24, 2.45) is 5.92 Å². The predicted molar refractivity (Wildman–Crippen MR) is 83.9 cm³/mol. The van der Waals surface area contributed by atoms with E-state index in [9.17, 15) is 8.42 Å². The minimum absolute atomic E-state index is 0.386. The molecule has 2 aliphatic rings. The lowest BCUT2D eigenvalue weighted by Gasteiger charge is -2.34. The highest BCUT2D eigenvalue weighted by Crippen LogP contribution is 2.30. The van der Waals surface area contributed by atoms with Crippen molar-refractivity contribution in [2.45, 2.75) is 17.7 Å². The second kappa shape index (κ2) is 5.94. The van der Waals surface area contributed by atoms with Crippen molar-refractivity contribution in [3.63, 3.8) is 0 Å². The summed E-state index contributed by atoms with van der Waals surface area (Å²) >= 11 is 0. The highest BCUT2D eigenvalue weighted by atomic mass is 32.2. The van der Waals surface area contributed by atoms with Crippen molar-refractivity contribution in [1.82, 2.24) is 9.21 Å². The summed E-state index contributed by atoms with van der Waals surface area (Å²) in [5.41, 5.74) is 0.920. The van der Waals surface area contributed by atoms with Gasteiger partial charge in [0.05, 0.1) is 4.90 Å². The average molecular weight is 309 g/mol. The van der Waals surface area contributed by atoms with Gasteiger partial charge in [-0.15, -0.1) is 0 Å². The van der Waals surface area contributed by atoms with Gasteiger partial charge in [0.1, 0.15) is 0 Å². The number of hydrogen-bond acceptors (Lipinski definition) is 4. The molecule has 116 valence electrons. The molecule has 0 spiro atoms. The number of sulfonamides is 1. The predicted octanol–water partition coefficient (Wildman–Crippen LogP) is 1.44. The molecule has 5 nitrogen and oxygen atoms in total. The number of nitrogens with one attached hydrogen (secondary N) is 1. The molecule has 6 heteroatoms. The van der Waals surface area contributed by atoms with Crippen LogP contribution in [0.2, 0.25) is 0 Å². The molecule has 1 heterocycles. The Hall–Kier alpha value is -1.11. The quantitative estimate of drug-likeness (QED) is 0.894. The Labute approximate surface area is 127 Å². The first-order valence-corrected chi connectivity index (χ1v) is 9.04. The SMILES string of the molecule is CNc1ccc(S(=O)(=O)N2CCN(CC3CC3)CC2)cc1. The van der Waals surface area contributed by atoms with Crippen molar-refractivity contribution in [1.29, 1.82) is 0 Å².